The molecule has 122 valence electrons. The van der Waals surface area contributed by atoms with Crippen LogP contribution in [0.3, 0.4) is 0 Å². The van der Waals surface area contributed by atoms with Gasteiger partial charge in [-0.15, -0.1) is 0 Å². The lowest BCUT2D eigenvalue weighted by atomic mass is 10.0. The zero-order valence-electron chi connectivity index (χ0n) is 13.2. The normalized spacial score (nSPS) is 15.7. The van der Waals surface area contributed by atoms with Gasteiger partial charge in [-0.3, -0.25) is 24.1 Å². The summed E-state index contributed by atoms with van der Waals surface area (Å²) >= 11 is 0. The van der Waals surface area contributed by atoms with Crippen LogP contribution in [0.5, 0.6) is 0 Å². The van der Waals surface area contributed by atoms with Gasteiger partial charge in [0.2, 0.25) is 17.6 Å². The molecule has 2 rings (SSSR count). The summed E-state index contributed by atoms with van der Waals surface area (Å²) in [5, 5.41) is 0. The Morgan fingerprint density at radius 3 is 2.22 bits per heavy atom. The number of imide groups is 1. The molecule has 1 saturated heterocycles. The summed E-state index contributed by atoms with van der Waals surface area (Å²) in [6.45, 7) is 3.05. The largest absolute Gasteiger partial charge is 0.453 e. The molecule has 2 amide bonds. The Bertz CT molecular complexity index is 619. The fourth-order valence-electron chi connectivity index (χ4n) is 2.36. The van der Waals surface area contributed by atoms with Crippen molar-refractivity contribution in [2.24, 2.45) is 0 Å². The average molecular weight is 317 g/mol. The van der Waals surface area contributed by atoms with Crippen molar-refractivity contribution < 1.29 is 23.9 Å². The number of carbonyl (C=O) groups is 4. The zero-order valence-corrected chi connectivity index (χ0v) is 13.2. The topological polar surface area (TPSA) is 80.8 Å². The third-order valence-corrected chi connectivity index (χ3v) is 3.77. The van der Waals surface area contributed by atoms with Gasteiger partial charge in [0.25, 0.3) is 0 Å². The number of esters is 1. The summed E-state index contributed by atoms with van der Waals surface area (Å²) in [7, 11) is 0. The summed E-state index contributed by atoms with van der Waals surface area (Å²) in [4.78, 5) is 47.8. The Hall–Kier alpha value is -2.50. The highest BCUT2D eigenvalue weighted by molar-refractivity contribution is 6.04. The van der Waals surface area contributed by atoms with Crippen LogP contribution in [-0.4, -0.2) is 41.1 Å². The number of hydrogen-bond acceptors (Lipinski definition) is 5. The molecule has 0 bridgehead atoms. The third-order valence-electron chi connectivity index (χ3n) is 3.77. The van der Waals surface area contributed by atoms with Crippen molar-refractivity contribution in [2.75, 3.05) is 6.54 Å². The number of hydrogen-bond donors (Lipinski definition) is 0. The molecule has 0 aliphatic carbocycles. The van der Waals surface area contributed by atoms with Crippen molar-refractivity contribution in [2.45, 2.75) is 39.2 Å². The molecule has 1 aromatic carbocycles. The van der Waals surface area contributed by atoms with Crippen LogP contribution in [0.1, 0.15) is 42.6 Å². The first kappa shape index (κ1) is 16.9. The molecule has 0 saturated carbocycles. The average Bonchev–Trinajstić information content (AvgIpc) is 2.86. The van der Waals surface area contributed by atoms with E-state index in [2.05, 4.69) is 0 Å². The molecule has 0 unspecified atom stereocenters. The van der Waals surface area contributed by atoms with Gasteiger partial charge in [-0.25, -0.2) is 0 Å². The van der Waals surface area contributed by atoms with Crippen LogP contribution in [0.15, 0.2) is 24.3 Å². The van der Waals surface area contributed by atoms with Crippen molar-refractivity contribution in [3.63, 3.8) is 0 Å². The molecular weight excluding hydrogens is 298 g/mol. The van der Waals surface area contributed by atoms with Crippen LogP contribution in [0, 0.1) is 0 Å². The van der Waals surface area contributed by atoms with E-state index in [9.17, 15) is 19.2 Å². The molecule has 0 aromatic heterocycles. The van der Waals surface area contributed by atoms with Crippen LogP contribution in [0.25, 0.3) is 0 Å². The van der Waals surface area contributed by atoms with E-state index < -0.39 is 18.6 Å². The number of ether oxygens (including phenoxy) is 1. The Morgan fingerprint density at radius 2 is 1.70 bits per heavy atom. The molecule has 0 N–H and O–H groups in total. The number of carbonyl (C=O) groups excluding carboxylic acids is 4. The van der Waals surface area contributed by atoms with Crippen LogP contribution < -0.4 is 0 Å². The number of aryl methyl sites for hydroxylation is 1. The lowest BCUT2D eigenvalue weighted by Gasteiger charge is -2.16. The van der Waals surface area contributed by atoms with Gasteiger partial charge >= 0.3 is 5.97 Å². The first-order valence-corrected chi connectivity index (χ1v) is 7.58. The van der Waals surface area contributed by atoms with Gasteiger partial charge in [-0.05, 0) is 18.9 Å². The van der Waals surface area contributed by atoms with E-state index in [1.165, 1.54) is 6.92 Å². The molecule has 23 heavy (non-hydrogen) atoms. The van der Waals surface area contributed by atoms with Gasteiger partial charge in [0, 0.05) is 18.4 Å². The molecule has 0 spiro atoms. The fraction of sp³-hybridized carbons (Fsp3) is 0.412. The Balaban J connectivity index is 1.93. The maximum absolute atomic E-state index is 12.2. The fourth-order valence-corrected chi connectivity index (χ4v) is 2.36. The Labute approximate surface area is 134 Å². The quantitative estimate of drug-likeness (QED) is 0.451. The number of nitrogens with zero attached hydrogens (tertiary/aromatic N) is 1. The monoisotopic (exact) mass is 317 g/mol. The molecule has 1 aliphatic heterocycles. The predicted molar refractivity (Wildman–Crippen MR) is 81.7 cm³/mol. The minimum Gasteiger partial charge on any atom is -0.453 e. The van der Waals surface area contributed by atoms with E-state index in [-0.39, 0.29) is 30.4 Å². The second-order valence-electron chi connectivity index (χ2n) is 5.42. The smallest absolute Gasteiger partial charge is 0.326 e. The molecular formula is C17H19NO5. The molecule has 6 nitrogen and oxygen atoms in total. The number of ketones is 1. The standard InChI is InChI=1S/C17H19NO5/c1-3-12-4-6-13(7-5-12)17(22)11(2)23-16(21)10-18-14(19)8-9-15(18)20/h4-7,11H,3,8-10H2,1-2H3/t11-/m1/s1. The van der Waals surface area contributed by atoms with E-state index in [0.717, 1.165) is 16.9 Å². The highest BCUT2D eigenvalue weighted by Crippen LogP contribution is 2.13. The van der Waals surface area contributed by atoms with Gasteiger partial charge in [-0.2, -0.15) is 0 Å². The Morgan fingerprint density at radius 1 is 1.13 bits per heavy atom. The third kappa shape index (κ3) is 4.03. The summed E-state index contributed by atoms with van der Waals surface area (Å²) < 4.78 is 5.05. The van der Waals surface area contributed by atoms with E-state index in [0.29, 0.717) is 5.56 Å². The van der Waals surface area contributed by atoms with Gasteiger partial charge in [0.1, 0.15) is 6.54 Å². The van der Waals surface area contributed by atoms with Crippen LogP contribution in [0.2, 0.25) is 0 Å². The number of rotatable bonds is 6. The van der Waals surface area contributed by atoms with Crippen molar-refractivity contribution >= 4 is 23.6 Å². The molecule has 0 radical (unpaired) electrons. The summed E-state index contributed by atoms with van der Waals surface area (Å²) in [6.07, 6.45) is 0.133. The SMILES string of the molecule is CCc1ccc(C(=O)[C@@H](C)OC(=O)CN2C(=O)CCC2=O)cc1. The first-order valence-electron chi connectivity index (χ1n) is 7.58. The van der Waals surface area contributed by atoms with E-state index in [4.69, 9.17) is 4.74 Å². The molecule has 6 heteroatoms. The Kier molecular flexibility index (Phi) is 5.26. The zero-order chi connectivity index (χ0) is 17.0. The lowest BCUT2D eigenvalue weighted by molar-refractivity contribution is -0.154. The van der Waals surface area contributed by atoms with Crippen molar-refractivity contribution in [1.29, 1.82) is 0 Å². The second-order valence-corrected chi connectivity index (χ2v) is 5.42. The second kappa shape index (κ2) is 7.17. The van der Waals surface area contributed by atoms with Crippen LogP contribution >= 0.6 is 0 Å². The molecule has 1 atom stereocenters. The summed E-state index contributed by atoms with van der Waals surface area (Å²) in [6, 6.07) is 7.09. The number of amides is 2. The van der Waals surface area contributed by atoms with Crippen molar-refractivity contribution in [1.82, 2.24) is 4.90 Å². The van der Waals surface area contributed by atoms with Crippen molar-refractivity contribution in [3.05, 3.63) is 35.4 Å². The van der Waals surface area contributed by atoms with Crippen LogP contribution in [0.4, 0.5) is 0 Å². The maximum Gasteiger partial charge on any atom is 0.326 e. The minimum atomic E-state index is -0.970. The highest BCUT2D eigenvalue weighted by atomic mass is 16.5. The lowest BCUT2D eigenvalue weighted by Crippen LogP contribution is -2.37. The van der Waals surface area contributed by atoms with Gasteiger partial charge in [0.15, 0.2) is 6.10 Å². The van der Waals surface area contributed by atoms with E-state index >= 15 is 0 Å². The molecule has 1 aromatic rings. The summed E-state index contributed by atoms with van der Waals surface area (Å²) in [5.41, 5.74) is 1.56. The van der Waals surface area contributed by atoms with Crippen LogP contribution in [-0.2, 0) is 25.5 Å². The van der Waals surface area contributed by atoms with Gasteiger partial charge in [0.05, 0.1) is 0 Å². The van der Waals surface area contributed by atoms with Gasteiger partial charge in [-0.1, -0.05) is 31.2 Å². The van der Waals surface area contributed by atoms with E-state index in [1.807, 2.05) is 19.1 Å². The van der Waals surface area contributed by atoms with Gasteiger partial charge < -0.3 is 4.74 Å². The predicted octanol–water partition coefficient (Wildman–Crippen LogP) is 1.51. The number of likely N-dealkylation sites (tertiary alicyclic amines) is 1. The maximum atomic E-state index is 12.2. The van der Waals surface area contributed by atoms with E-state index in [1.54, 1.807) is 12.1 Å². The minimum absolute atomic E-state index is 0.115. The highest BCUT2D eigenvalue weighted by Gasteiger charge is 2.31. The number of benzene rings is 1. The molecule has 1 fully saturated rings. The number of Topliss-reactive ketones (excluding diaryl/α,β-unsaturated/α-hetero) is 1. The molecule has 1 aliphatic rings. The molecule has 1 heterocycles. The van der Waals surface area contributed by atoms with Crippen molar-refractivity contribution in [3.8, 4) is 0 Å². The first-order chi connectivity index (χ1) is 10.9. The summed E-state index contributed by atoms with van der Waals surface area (Å²) in [5.74, 6) is -1.86.